The van der Waals surface area contributed by atoms with E-state index in [9.17, 15) is 9.90 Å². The second-order valence-electron chi connectivity index (χ2n) is 5.09. The predicted octanol–water partition coefficient (Wildman–Crippen LogP) is 3.96. The summed E-state index contributed by atoms with van der Waals surface area (Å²) in [5.41, 5.74) is 1.65. The number of carboxylic acid groups (broad SMARTS) is 1. The van der Waals surface area contributed by atoms with Crippen LogP contribution in [0.1, 0.15) is 44.2 Å². The van der Waals surface area contributed by atoms with E-state index in [2.05, 4.69) is 0 Å². The van der Waals surface area contributed by atoms with Crippen LogP contribution < -0.4 is 4.74 Å². The van der Waals surface area contributed by atoms with E-state index in [0.717, 1.165) is 11.3 Å². The lowest BCUT2D eigenvalue weighted by atomic mass is 9.79. The minimum absolute atomic E-state index is 0.443. The lowest BCUT2D eigenvalue weighted by molar-refractivity contribution is -0.150. The van der Waals surface area contributed by atoms with Crippen LogP contribution in [0.5, 0.6) is 5.75 Å². The molecule has 0 aliphatic carbocycles. The molecule has 0 unspecified atom stereocenters. The largest absolute Gasteiger partial charge is 0.493 e. The summed E-state index contributed by atoms with van der Waals surface area (Å²) < 4.78 is 5.76. The van der Waals surface area contributed by atoms with Gasteiger partial charge in [-0.1, -0.05) is 26.0 Å². The van der Waals surface area contributed by atoms with Crippen molar-refractivity contribution in [2.24, 2.45) is 5.41 Å². The maximum atomic E-state index is 11.4. The highest BCUT2D eigenvalue weighted by atomic mass is 16.5. The van der Waals surface area contributed by atoms with Crippen LogP contribution in [0, 0.1) is 19.3 Å². The monoisotopic (exact) mass is 264 g/mol. The molecule has 106 valence electrons. The van der Waals surface area contributed by atoms with Gasteiger partial charge in [-0.05, 0) is 50.3 Å². The van der Waals surface area contributed by atoms with Gasteiger partial charge in [0, 0.05) is 0 Å². The molecule has 0 aliphatic heterocycles. The fourth-order valence-corrected chi connectivity index (χ4v) is 2.25. The number of aryl methyl sites for hydroxylation is 1. The number of carbonyl (C=O) groups is 1. The third-order valence-corrected chi connectivity index (χ3v) is 4.20. The molecule has 0 spiro atoms. The molecule has 0 saturated carbocycles. The van der Waals surface area contributed by atoms with Gasteiger partial charge < -0.3 is 9.84 Å². The first-order chi connectivity index (χ1) is 8.96. The van der Waals surface area contributed by atoms with E-state index < -0.39 is 11.4 Å². The Bertz CT molecular complexity index is 434. The van der Waals surface area contributed by atoms with Gasteiger partial charge in [-0.15, -0.1) is 0 Å². The van der Waals surface area contributed by atoms with Crippen molar-refractivity contribution in [2.75, 3.05) is 6.61 Å². The Balaban J connectivity index is 2.67. The summed E-state index contributed by atoms with van der Waals surface area (Å²) in [6.45, 7) is 8.36. The fraction of sp³-hybridized carbons (Fsp3) is 0.562. The van der Waals surface area contributed by atoms with E-state index in [4.69, 9.17) is 4.74 Å². The van der Waals surface area contributed by atoms with Crippen LogP contribution in [0.3, 0.4) is 0 Å². The van der Waals surface area contributed by atoms with Crippen LogP contribution in [0.2, 0.25) is 0 Å². The predicted molar refractivity (Wildman–Crippen MR) is 76.7 cm³/mol. The van der Waals surface area contributed by atoms with Crippen molar-refractivity contribution >= 4 is 5.97 Å². The second-order valence-corrected chi connectivity index (χ2v) is 5.09. The summed E-state index contributed by atoms with van der Waals surface area (Å²) in [5.74, 6) is 0.133. The summed E-state index contributed by atoms with van der Waals surface area (Å²) in [6.07, 6.45) is 1.81. The van der Waals surface area contributed by atoms with Gasteiger partial charge in [-0.25, -0.2) is 0 Å². The molecule has 1 rings (SSSR count). The number of aliphatic carboxylic acids is 1. The zero-order valence-corrected chi connectivity index (χ0v) is 12.3. The smallest absolute Gasteiger partial charge is 0.309 e. The van der Waals surface area contributed by atoms with Crippen molar-refractivity contribution in [3.05, 3.63) is 29.3 Å². The zero-order valence-electron chi connectivity index (χ0n) is 12.3. The molecule has 0 fully saturated rings. The quantitative estimate of drug-likeness (QED) is 0.810. The first kappa shape index (κ1) is 15.5. The van der Waals surface area contributed by atoms with Crippen molar-refractivity contribution in [1.29, 1.82) is 0 Å². The van der Waals surface area contributed by atoms with Gasteiger partial charge in [-0.3, -0.25) is 4.79 Å². The summed E-state index contributed by atoms with van der Waals surface area (Å²) >= 11 is 0. The van der Waals surface area contributed by atoms with Crippen molar-refractivity contribution in [3.8, 4) is 5.75 Å². The molecule has 0 bridgehead atoms. The maximum absolute atomic E-state index is 11.4. The Morgan fingerprint density at radius 2 is 1.89 bits per heavy atom. The third kappa shape index (κ3) is 3.49. The van der Waals surface area contributed by atoms with E-state index >= 15 is 0 Å². The van der Waals surface area contributed by atoms with Crippen LogP contribution in [0.25, 0.3) is 0 Å². The Kier molecular flexibility index (Phi) is 5.40. The standard InChI is InChI=1S/C16H24O3/c1-5-16(6-2,15(17)18)10-11-19-14-9-7-8-12(3)13(14)4/h7-9H,5-6,10-11H2,1-4H3,(H,17,18). The van der Waals surface area contributed by atoms with Gasteiger partial charge in [0.05, 0.1) is 12.0 Å². The summed E-state index contributed by atoms with van der Waals surface area (Å²) in [7, 11) is 0. The highest BCUT2D eigenvalue weighted by Crippen LogP contribution is 2.31. The molecular formula is C16H24O3. The average molecular weight is 264 g/mol. The van der Waals surface area contributed by atoms with Crippen LogP contribution >= 0.6 is 0 Å². The minimum atomic E-state index is -0.720. The fourth-order valence-electron chi connectivity index (χ4n) is 2.25. The van der Waals surface area contributed by atoms with Gasteiger partial charge in [-0.2, -0.15) is 0 Å². The molecule has 0 saturated heterocycles. The van der Waals surface area contributed by atoms with Crippen LogP contribution in [0.15, 0.2) is 18.2 Å². The molecular weight excluding hydrogens is 240 g/mol. The summed E-state index contributed by atoms with van der Waals surface area (Å²) in [5, 5.41) is 9.36. The van der Waals surface area contributed by atoms with Gasteiger partial charge in [0.1, 0.15) is 5.75 Å². The van der Waals surface area contributed by atoms with Crippen LogP contribution in [-0.4, -0.2) is 17.7 Å². The maximum Gasteiger partial charge on any atom is 0.309 e. The zero-order chi connectivity index (χ0) is 14.5. The molecule has 3 nitrogen and oxygen atoms in total. The normalized spacial score (nSPS) is 11.4. The molecule has 19 heavy (non-hydrogen) atoms. The molecule has 1 aromatic rings. The van der Waals surface area contributed by atoms with Crippen molar-refractivity contribution in [3.63, 3.8) is 0 Å². The van der Waals surface area contributed by atoms with Gasteiger partial charge >= 0.3 is 5.97 Å². The number of hydrogen-bond acceptors (Lipinski definition) is 2. The summed E-state index contributed by atoms with van der Waals surface area (Å²) in [6, 6.07) is 5.94. The number of ether oxygens (including phenoxy) is 1. The average Bonchev–Trinajstić information content (AvgIpc) is 2.39. The highest BCUT2D eigenvalue weighted by molar-refractivity contribution is 5.74. The number of benzene rings is 1. The van der Waals surface area contributed by atoms with Crippen molar-refractivity contribution in [1.82, 2.24) is 0 Å². The molecule has 0 amide bonds. The highest BCUT2D eigenvalue weighted by Gasteiger charge is 2.34. The van der Waals surface area contributed by atoms with E-state index in [1.807, 2.05) is 45.9 Å². The Hall–Kier alpha value is -1.51. The SMILES string of the molecule is CCC(CC)(CCOc1cccc(C)c1C)C(=O)O. The number of rotatable bonds is 7. The molecule has 0 atom stereocenters. The van der Waals surface area contributed by atoms with Crippen LogP contribution in [-0.2, 0) is 4.79 Å². The molecule has 0 aromatic heterocycles. The number of hydrogen-bond donors (Lipinski definition) is 1. The van der Waals surface area contributed by atoms with Crippen LogP contribution in [0.4, 0.5) is 0 Å². The second kappa shape index (κ2) is 6.60. The number of carboxylic acids is 1. The topological polar surface area (TPSA) is 46.5 Å². The van der Waals surface area contributed by atoms with E-state index in [-0.39, 0.29) is 0 Å². The first-order valence-corrected chi connectivity index (χ1v) is 6.89. The molecule has 3 heteroatoms. The van der Waals surface area contributed by atoms with E-state index in [1.165, 1.54) is 5.56 Å². The van der Waals surface area contributed by atoms with Gasteiger partial charge in [0.15, 0.2) is 0 Å². The van der Waals surface area contributed by atoms with Gasteiger partial charge in [0.25, 0.3) is 0 Å². The first-order valence-electron chi connectivity index (χ1n) is 6.89. The Morgan fingerprint density at radius 3 is 2.42 bits per heavy atom. The summed E-state index contributed by atoms with van der Waals surface area (Å²) in [4.78, 5) is 11.4. The lowest BCUT2D eigenvalue weighted by Gasteiger charge is -2.26. The molecule has 1 aromatic carbocycles. The Morgan fingerprint density at radius 1 is 1.26 bits per heavy atom. The van der Waals surface area contributed by atoms with E-state index in [0.29, 0.717) is 25.9 Å². The molecule has 0 radical (unpaired) electrons. The molecule has 0 heterocycles. The van der Waals surface area contributed by atoms with E-state index in [1.54, 1.807) is 0 Å². The van der Waals surface area contributed by atoms with Gasteiger partial charge in [0.2, 0.25) is 0 Å². The third-order valence-electron chi connectivity index (χ3n) is 4.20. The molecule has 1 N–H and O–H groups in total. The molecule has 0 aliphatic rings. The minimum Gasteiger partial charge on any atom is -0.493 e. The Labute approximate surface area is 115 Å². The van der Waals surface area contributed by atoms with Crippen molar-refractivity contribution in [2.45, 2.75) is 47.0 Å². The lowest BCUT2D eigenvalue weighted by Crippen LogP contribution is -2.31. The van der Waals surface area contributed by atoms with Crippen molar-refractivity contribution < 1.29 is 14.6 Å².